The van der Waals surface area contributed by atoms with Gasteiger partial charge in [-0.15, -0.1) is 0 Å². The third-order valence-electron chi connectivity index (χ3n) is 3.20. The smallest absolute Gasteiger partial charge is 0.407 e. The molecule has 104 valence electrons. The molecule has 1 saturated carbocycles. The van der Waals surface area contributed by atoms with E-state index in [1.165, 1.54) is 12.8 Å². The van der Waals surface area contributed by atoms with Crippen molar-refractivity contribution in [2.24, 2.45) is 5.92 Å². The molecule has 18 heavy (non-hydrogen) atoms. The molecule has 2 amide bonds. The van der Waals surface area contributed by atoms with Crippen molar-refractivity contribution in [3.63, 3.8) is 0 Å². The summed E-state index contributed by atoms with van der Waals surface area (Å²) in [5.74, 6) is -0.0687. The third kappa shape index (κ3) is 4.55. The van der Waals surface area contributed by atoms with Crippen molar-refractivity contribution in [3.8, 4) is 0 Å². The first-order chi connectivity index (χ1) is 8.54. The average Bonchev–Trinajstić information content (AvgIpc) is 2.78. The lowest BCUT2D eigenvalue weighted by molar-refractivity contribution is -0.124. The van der Waals surface area contributed by atoms with Crippen LogP contribution >= 0.6 is 0 Å². The minimum atomic E-state index is -0.530. The van der Waals surface area contributed by atoms with Crippen LogP contribution in [0.3, 0.4) is 0 Å². The van der Waals surface area contributed by atoms with Crippen LogP contribution in [-0.4, -0.2) is 30.7 Å². The normalized spacial score (nSPS) is 17.6. The zero-order valence-corrected chi connectivity index (χ0v) is 11.5. The molecule has 1 aliphatic rings. The molecule has 0 heterocycles. The maximum Gasteiger partial charge on any atom is 0.407 e. The fourth-order valence-electron chi connectivity index (χ4n) is 2.20. The highest BCUT2D eigenvalue weighted by Crippen LogP contribution is 2.18. The lowest BCUT2D eigenvalue weighted by atomic mass is 10.0. The Labute approximate surface area is 109 Å². The molecule has 1 rings (SSSR count). The Kier molecular flexibility index (Phi) is 5.95. The topological polar surface area (TPSA) is 67.4 Å². The first-order valence-electron chi connectivity index (χ1n) is 6.78. The molecule has 0 aliphatic heterocycles. The van der Waals surface area contributed by atoms with Gasteiger partial charge in [0.2, 0.25) is 5.91 Å². The standard InChI is InChI=1S/C13H24N2O3/c1-4-18-13(17)15-11(9(2)3)12(16)14-10-7-5-6-8-10/h9-11H,4-8H2,1-3H3,(H,14,16)(H,15,17)/t11-/m1/s1. The number of carbonyl (C=O) groups is 2. The van der Waals surface area contributed by atoms with E-state index in [2.05, 4.69) is 10.6 Å². The quantitative estimate of drug-likeness (QED) is 0.788. The highest BCUT2D eigenvalue weighted by atomic mass is 16.5. The second kappa shape index (κ2) is 7.24. The van der Waals surface area contributed by atoms with Crippen molar-refractivity contribution in [1.29, 1.82) is 0 Å². The number of hydrogen-bond acceptors (Lipinski definition) is 3. The summed E-state index contributed by atoms with van der Waals surface area (Å²) >= 11 is 0. The van der Waals surface area contributed by atoms with Gasteiger partial charge >= 0.3 is 6.09 Å². The third-order valence-corrected chi connectivity index (χ3v) is 3.20. The number of rotatable bonds is 5. The number of carbonyl (C=O) groups excluding carboxylic acids is 2. The molecule has 5 nitrogen and oxygen atoms in total. The van der Waals surface area contributed by atoms with E-state index in [1.807, 2.05) is 13.8 Å². The van der Waals surface area contributed by atoms with Gasteiger partial charge in [0.25, 0.3) is 0 Å². The van der Waals surface area contributed by atoms with Gasteiger partial charge in [-0.05, 0) is 25.7 Å². The highest BCUT2D eigenvalue weighted by Gasteiger charge is 2.27. The van der Waals surface area contributed by atoms with Gasteiger partial charge in [0.15, 0.2) is 0 Å². The lowest BCUT2D eigenvalue weighted by Gasteiger charge is -2.23. The van der Waals surface area contributed by atoms with E-state index < -0.39 is 12.1 Å². The molecular formula is C13H24N2O3. The zero-order valence-electron chi connectivity index (χ0n) is 11.5. The average molecular weight is 256 g/mol. The fourth-order valence-corrected chi connectivity index (χ4v) is 2.20. The van der Waals surface area contributed by atoms with Gasteiger partial charge in [0, 0.05) is 6.04 Å². The Morgan fingerprint density at radius 2 is 1.89 bits per heavy atom. The number of alkyl carbamates (subject to hydrolysis) is 1. The summed E-state index contributed by atoms with van der Waals surface area (Å²) in [5.41, 5.74) is 0. The Bertz CT molecular complexity index is 286. The second-order valence-electron chi connectivity index (χ2n) is 5.08. The summed E-state index contributed by atoms with van der Waals surface area (Å²) in [7, 11) is 0. The van der Waals surface area contributed by atoms with Crippen molar-refractivity contribution in [1.82, 2.24) is 10.6 Å². The molecule has 0 saturated heterocycles. The minimum absolute atomic E-state index is 0.0378. The maximum absolute atomic E-state index is 12.1. The second-order valence-corrected chi connectivity index (χ2v) is 5.08. The predicted octanol–water partition coefficient (Wildman–Crippen LogP) is 1.82. The molecule has 1 fully saturated rings. The number of ether oxygens (including phenoxy) is 1. The van der Waals surface area contributed by atoms with Gasteiger partial charge in [-0.25, -0.2) is 4.79 Å². The summed E-state index contributed by atoms with van der Waals surface area (Å²) in [6.45, 7) is 5.86. The lowest BCUT2D eigenvalue weighted by Crippen LogP contribution is -2.51. The Morgan fingerprint density at radius 1 is 1.28 bits per heavy atom. The van der Waals surface area contributed by atoms with Gasteiger partial charge in [-0.2, -0.15) is 0 Å². The van der Waals surface area contributed by atoms with Gasteiger partial charge in [0.05, 0.1) is 6.61 Å². The molecule has 0 aromatic rings. The zero-order chi connectivity index (χ0) is 13.5. The molecule has 0 bridgehead atoms. The molecule has 0 aromatic heterocycles. The van der Waals surface area contributed by atoms with E-state index in [0.717, 1.165) is 12.8 Å². The van der Waals surface area contributed by atoms with Crippen molar-refractivity contribution in [2.45, 2.75) is 58.5 Å². The molecule has 0 unspecified atom stereocenters. The van der Waals surface area contributed by atoms with Gasteiger partial charge < -0.3 is 15.4 Å². The minimum Gasteiger partial charge on any atom is -0.450 e. The number of hydrogen-bond donors (Lipinski definition) is 2. The highest BCUT2D eigenvalue weighted by molar-refractivity contribution is 5.86. The van der Waals surface area contributed by atoms with Crippen LogP contribution in [0.5, 0.6) is 0 Å². The fraction of sp³-hybridized carbons (Fsp3) is 0.846. The summed E-state index contributed by atoms with van der Waals surface area (Å²) in [4.78, 5) is 23.5. The first-order valence-corrected chi connectivity index (χ1v) is 6.78. The summed E-state index contributed by atoms with van der Waals surface area (Å²) in [6, 6.07) is -0.257. The van der Waals surface area contributed by atoms with E-state index in [9.17, 15) is 9.59 Å². The monoisotopic (exact) mass is 256 g/mol. The van der Waals surface area contributed by atoms with Crippen LogP contribution in [0.4, 0.5) is 4.79 Å². The van der Waals surface area contributed by atoms with E-state index in [4.69, 9.17) is 4.74 Å². The van der Waals surface area contributed by atoms with Crippen molar-refractivity contribution in [3.05, 3.63) is 0 Å². The van der Waals surface area contributed by atoms with Crippen LogP contribution < -0.4 is 10.6 Å². The van der Waals surface area contributed by atoms with Gasteiger partial charge in [-0.3, -0.25) is 4.79 Å². The van der Waals surface area contributed by atoms with Crippen molar-refractivity contribution in [2.75, 3.05) is 6.61 Å². The van der Waals surface area contributed by atoms with Gasteiger partial charge in [-0.1, -0.05) is 26.7 Å². The summed E-state index contributed by atoms with van der Waals surface area (Å²) < 4.78 is 4.81. The first kappa shape index (κ1) is 14.8. The molecule has 1 aliphatic carbocycles. The largest absolute Gasteiger partial charge is 0.450 e. The maximum atomic E-state index is 12.1. The number of nitrogens with one attached hydrogen (secondary N) is 2. The van der Waals surface area contributed by atoms with Crippen LogP contribution in [0.15, 0.2) is 0 Å². The van der Waals surface area contributed by atoms with E-state index in [1.54, 1.807) is 6.92 Å². The molecule has 0 spiro atoms. The molecule has 2 N–H and O–H groups in total. The van der Waals surface area contributed by atoms with Crippen LogP contribution in [0.2, 0.25) is 0 Å². The van der Waals surface area contributed by atoms with E-state index in [0.29, 0.717) is 6.61 Å². The Morgan fingerprint density at radius 3 is 2.39 bits per heavy atom. The van der Waals surface area contributed by atoms with Crippen molar-refractivity contribution >= 4 is 12.0 Å². The Hall–Kier alpha value is -1.26. The van der Waals surface area contributed by atoms with Crippen molar-refractivity contribution < 1.29 is 14.3 Å². The molecule has 5 heteroatoms. The summed E-state index contributed by atoms with van der Waals surface area (Å²) in [6.07, 6.45) is 3.88. The van der Waals surface area contributed by atoms with Crippen LogP contribution in [0.1, 0.15) is 46.5 Å². The number of amides is 2. The molecule has 1 atom stereocenters. The van der Waals surface area contributed by atoms with Crippen LogP contribution in [0, 0.1) is 5.92 Å². The molecule has 0 aromatic carbocycles. The summed E-state index contributed by atoms with van der Waals surface area (Å²) in [5, 5.41) is 5.62. The van der Waals surface area contributed by atoms with E-state index in [-0.39, 0.29) is 17.9 Å². The Balaban J connectivity index is 2.49. The molecular weight excluding hydrogens is 232 g/mol. The van der Waals surface area contributed by atoms with Crippen LogP contribution in [-0.2, 0) is 9.53 Å². The van der Waals surface area contributed by atoms with E-state index >= 15 is 0 Å². The van der Waals surface area contributed by atoms with Crippen LogP contribution in [0.25, 0.3) is 0 Å². The SMILES string of the molecule is CCOC(=O)N[C@@H](C(=O)NC1CCCC1)C(C)C. The molecule has 0 radical (unpaired) electrons. The van der Waals surface area contributed by atoms with Gasteiger partial charge in [0.1, 0.15) is 6.04 Å². The predicted molar refractivity (Wildman–Crippen MR) is 69.2 cm³/mol.